The Morgan fingerprint density at radius 1 is 1.07 bits per heavy atom. The van der Waals surface area contributed by atoms with Gasteiger partial charge < -0.3 is 10.6 Å². The molecule has 2 heterocycles. The van der Waals surface area contributed by atoms with Crippen LogP contribution in [0.25, 0.3) is 11.4 Å². The smallest absolute Gasteiger partial charge is 0.243 e. The number of rotatable bonds is 6. The van der Waals surface area contributed by atoms with Gasteiger partial charge in [-0.1, -0.05) is 18.2 Å². The second-order valence-corrected chi connectivity index (χ2v) is 6.95. The minimum atomic E-state index is -0.143. The van der Waals surface area contributed by atoms with Gasteiger partial charge in [-0.25, -0.2) is 9.36 Å². The summed E-state index contributed by atoms with van der Waals surface area (Å²) in [5.74, 6) is -0.143. The van der Waals surface area contributed by atoms with Crippen molar-refractivity contribution in [1.29, 1.82) is 0 Å². The maximum absolute atomic E-state index is 12.5. The van der Waals surface area contributed by atoms with E-state index < -0.39 is 0 Å². The van der Waals surface area contributed by atoms with Crippen LogP contribution < -0.4 is 10.6 Å². The van der Waals surface area contributed by atoms with Crippen LogP contribution in [0, 0.1) is 20.8 Å². The van der Waals surface area contributed by atoms with Gasteiger partial charge in [0, 0.05) is 5.69 Å². The molecule has 0 saturated heterocycles. The topological polar surface area (TPSA) is 103 Å². The largest absolute Gasteiger partial charge is 0.376 e. The quantitative estimate of drug-likeness (QED) is 0.514. The molecule has 2 aromatic heterocycles. The average molecular weight is 402 g/mol. The molecular weight excluding hydrogens is 380 g/mol. The van der Waals surface area contributed by atoms with Gasteiger partial charge in [0.25, 0.3) is 0 Å². The summed E-state index contributed by atoms with van der Waals surface area (Å²) in [6.07, 6.45) is 1.54. The van der Waals surface area contributed by atoms with E-state index in [-0.39, 0.29) is 12.5 Å². The Kier molecular flexibility index (Phi) is 5.25. The predicted molar refractivity (Wildman–Crippen MR) is 114 cm³/mol. The fourth-order valence-corrected chi connectivity index (χ4v) is 3.30. The molecule has 0 atom stereocenters. The number of para-hydroxylation sites is 1. The number of amides is 1. The van der Waals surface area contributed by atoms with Crippen LogP contribution in [0.1, 0.15) is 17.0 Å². The van der Waals surface area contributed by atoms with Gasteiger partial charge in [-0.15, -0.1) is 5.10 Å². The van der Waals surface area contributed by atoms with Gasteiger partial charge in [-0.3, -0.25) is 4.79 Å². The molecule has 30 heavy (non-hydrogen) atoms. The van der Waals surface area contributed by atoms with Crippen LogP contribution in [0.15, 0.2) is 54.9 Å². The van der Waals surface area contributed by atoms with Crippen molar-refractivity contribution in [1.82, 2.24) is 30.0 Å². The van der Waals surface area contributed by atoms with Crippen LogP contribution in [0.2, 0.25) is 0 Å². The summed E-state index contributed by atoms with van der Waals surface area (Å²) in [6, 6.07) is 15.6. The third-order valence-electron chi connectivity index (χ3n) is 4.80. The first-order valence-electron chi connectivity index (χ1n) is 9.52. The minimum Gasteiger partial charge on any atom is -0.376 e. The first-order valence-corrected chi connectivity index (χ1v) is 9.52. The number of benzene rings is 2. The SMILES string of the molecule is Cc1cc(NCC(=O)Nc2c(C)nn(-c3ccccc3)c2C)ccc1-n1cnnn1. The number of anilines is 2. The van der Waals surface area contributed by atoms with Gasteiger partial charge in [0.15, 0.2) is 0 Å². The van der Waals surface area contributed by atoms with Gasteiger partial charge in [0.2, 0.25) is 5.91 Å². The van der Waals surface area contributed by atoms with Crippen LogP contribution in [0.4, 0.5) is 11.4 Å². The van der Waals surface area contributed by atoms with E-state index in [9.17, 15) is 4.79 Å². The van der Waals surface area contributed by atoms with Crippen molar-refractivity contribution in [3.63, 3.8) is 0 Å². The molecular formula is C21H22N8O. The average Bonchev–Trinajstić information content (AvgIpc) is 3.37. The third-order valence-corrected chi connectivity index (χ3v) is 4.80. The highest BCUT2D eigenvalue weighted by molar-refractivity contribution is 5.94. The van der Waals surface area contributed by atoms with Crippen LogP contribution in [-0.2, 0) is 4.79 Å². The van der Waals surface area contributed by atoms with E-state index in [1.165, 1.54) is 0 Å². The number of hydrogen-bond acceptors (Lipinski definition) is 6. The zero-order chi connectivity index (χ0) is 21.1. The Labute approximate surface area is 173 Å². The fourth-order valence-electron chi connectivity index (χ4n) is 3.30. The maximum atomic E-state index is 12.5. The van der Waals surface area contributed by atoms with E-state index in [0.717, 1.165) is 39.7 Å². The molecule has 0 aliphatic carbocycles. The summed E-state index contributed by atoms with van der Waals surface area (Å²) in [4.78, 5) is 12.5. The molecule has 0 aliphatic heterocycles. The van der Waals surface area contributed by atoms with Gasteiger partial charge in [-0.05, 0) is 67.1 Å². The van der Waals surface area contributed by atoms with Crippen molar-refractivity contribution >= 4 is 17.3 Å². The van der Waals surface area contributed by atoms with Crippen molar-refractivity contribution < 1.29 is 4.79 Å². The lowest BCUT2D eigenvalue weighted by Crippen LogP contribution is -2.22. The summed E-state index contributed by atoms with van der Waals surface area (Å²) in [6.45, 7) is 5.93. The van der Waals surface area contributed by atoms with Crippen molar-refractivity contribution in [3.05, 3.63) is 71.8 Å². The highest BCUT2D eigenvalue weighted by Gasteiger charge is 2.15. The van der Waals surface area contributed by atoms with Gasteiger partial charge in [-0.2, -0.15) is 5.10 Å². The molecule has 0 saturated carbocycles. The summed E-state index contributed by atoms with van der Waals surface area (Å²) in [5.41, 5.74) is 6.05. The first kappa shape index (κ1) is 19.3. The molecule has 0 radical (unpaired) electrons. The molecule has 4 rings (SSSR count). The standard InChI is InChI=1S/C21H22N8O/c1-14-11-17(9-10-19(14)28-13-23-26-27-28)22-12-20(30)24-21-15(2)25-29(16(21)3)18-7-5-4-6-8-18/h4-11,13,22H,12H2,1-3H3,(H,24,30). The maximum Gasteiger partial charge on any atom is 0.243 e. The highest BCUT2D eigenvalue weighted by atomic mass is 16.1. The second kappa shape index (κ2) is 8.16. The summed E-state index contributed by atoms with van der Waals surface area (Å²) in [7, 11) is 0. The van der Waals surface area contributed by atoms with Crippen LogP contribution in [-0.4, -0.2) is 42.4 Å². The first-order chi connectivity index (χ1) is 14.5. The zero-order valence-electron chi connectivity index (χ0n) is 17.0. The monoisotopic (exact) mass is 402 g/mol. The summed E-state index contributed by atoms with van der Waals surface area (Å²) >= 11 is 0. The number of carbonyl (C=O) groups is 1. The summed E-state index contributed by atoms with van der Waals surface area (Å²) in [5, 5.41) is 21.9. The van der Waals surface area contributed by atoms with Crippen molar-refractivity contribution in [2.45, 2.75) is 20.8 Å². The fraction of sp³-hybridized carbons (Fsp3) is 0.190. The molecule has 0 bridgehead atoms. The van der Waals surface area contributed by atoms with Crippen molar-refractivity contribution in [3.8, 4) is 11.4 Å². The van der Waals surface area contributed by atoms with Crippen molar-refractivity contribution in [2.24, 2.45) is 0 Å². The van der Waals surface area contributed by atoms with E-state index in [0.29, 0.717) is 0 Å². The Hall–Kier alpha value is -4.01. The Morgan fingerprint density at radius 2 is 1.87 bits per heavy atom. The minimum absolute atomic E-state index is 0.138. The van der Waals surface area contributed by atoms with Gasteiger partial charge >= 0.3 is 0 Å². The zero-order valence-corrected chi connectivity index (χ0v) is 17.0. The number of hydrogen-bond donors (Lipinski definition) is 2. The predicted octanol–water partition coefficient (Wildman–Crippen LogP) is 2.82. The van der Waals surface area contributed by atoms with Gasteiger partial charge in [0.1, 0.15) is 6.33 Å². The van der Waals surface area contributed by atoms with Gasteiger partial charge in [0.05, 0.1) is 35.0 Å². The molecule has 9 heteroatoms. The molecule has 0 aliphatic rings. The van der Waals surface area contributed by atoms with E-state index in [1.54, 1.807) is 11.0 Å². The lowest BCUT2D eigenvalue weighted by atomic mass is 10.2. The molecule has 2 N–H and O–H groups in total. The van der Waals surface area contributed by atoms with E-state index >= 15 is 0 Å². The molecule has 152 valence electrons. The Morgan fingerprint density at radius 3 is 2.57 bits per heavy atom. The lowest BCUT2D eigenvalue weighted by molar-refractivity contribution is -0.114. The molecule has 4 aromatic rings. The number of aryl methyl sites for hydroxylation is 2. The number of carbonyl (C=O) groups excluding carboxylic acids is 1. The molecule has 0 unspecified atom stereocenters. The lowest BCUT2D eigenvalue weighted by Gasteiger charge is -2.11. The molecule has 2 aromatic carbocycles. The summed E-state index contributed by atoms with van der Waals surface area (Å²) < 4.78 is 3.43. The molecule has 0 spiro atoms. The second-order valence-electron chi connectivity index (χ2n) is 6.95. The Balaban J connectivity index is 1.42. The Bertz CT molecular complexity index is 1170. The highest BCUT2D eigenvalue weighted by Crippen LogP contribution is 2.23. The molecule has 1 amide bonds. The molecule has 9 nitrogen and oxygen atoms in total. The normalized spacial score (nSPS) is 10.8. The number of tetrazole rings is 1. The van der Waals surface area contributed by atoms with E-state index in [2.05, 4.69) is 31.3 Å². The molecule has 0 fully saturated rings. The number of nitrogens with one attached hydrogen (secondary N) is 2. The third kappa shape index (κ3) is 3.90. The number of aromatic nitrogens is 6. The van der Waals surface area contributed by atoms with Crippen LogP contribution in [0.3, 0.4) is 0 Å². The van der Waals surface area contributed by atoms with Crippen molar-refractivity contribution in [2.75, 3.05) is 17.2 Å². The van der Waals surface area contributed by atoms with Crippen LogP contribution >= 0.6 is 0 Å². The van der Waals surface area contributed by atoms with E-state index in [4.69, 9.17) is 0 Å². The number of nitrogens with zero attached hydrogens (tertiary/aromatic N) is 6. The van der Waals surface area contributed by atoms with Crippen LogP contribution in [0.5, 0.6) is 0 Å². The van der Waals surface area contributed by atoms with E-state index in [1.807, 2.05) is 74.0 Å².